The number of aliphatic hydroxyl groups is 1. The van der Waals surface area contributed by atoms with E-state index in [-0.39, 0.29) is 12.4 Å². The lowest BCUT2D eigenvalue weighted by molar-refractivity contribution is 0.00609. The van der Waals surface area contributed by atoms with E-state index in [9.17, 15) is 13.9 Å². The molecule has 6 nitrogen and oxygen atoms in total. The van der Waals surface area contributed by atoms with E-state index in [1.54, 1.807) is 4.68 Å². The molecule has 1 heterocycles. The highest BCUT2D eigenvalue weighted by Crippen LogP contribution is 2.35. The van der Waals surface area contributed by atoms with E-state index in [0.717, 1.165) is 29.6 Å². The van der Waals surface area contributed by atoms with Crippen LogP contribution in [-0.2, 0) is 11.3 Å². The molecule has 3 aromatic rings. The summed E-state index contributed by atoms with van der Waals surface area (Å²) in [7, 11) is 0. The zero-order valence-electron chi connectivity index (χ0n) is 21.2. The summed E-state index contributed by atoms with van der Waals surface area (Å²) in [4.78, 5) is 2.19. The Balaban J connectivity index is 1.62. The van der Waals surface area contributed by atoms with E-state index >= 15 is 0 Å². The predicted molar refractivity (Wildman–Crippen MR) is 134 cm³/mol. The first kappa shape index (κ1) is 26.3. The molecule has 1 aromatic heterocycles. The van der Waals surface area contributed by atoms with Crippen molar-refractivity contribution in [3.05, 3.63) is 71.4 Å². The van der Waals surface area contributed by atoms with E-state index in [1.807, 2.05) is 37.3 Å². The first-order chi connectivity index (χ1) is 17.3. The van der Waals surface area contributed by atoms with Gasteiger partial charge in [0, 0.05) is 32.3 Å². The van der Waals surface area contributed by atoms with Gasteiger partial charge in [-0.25, -0.2) is 13.5 Å². The van der Waals surface area contributed by atoms with Crippen LogP contribution in [0.5, 0.6) is 11.6 Å². The lowest BCUT2D eigenvalue weighted by Crippen LogP contribution is -2.36. The van der Waals surface area contributed by atoms with Gasteiger partial charge < -0.3 is 14.6 Å². The average molecular weight is 500 g/mol. The van der Waals surface area contributed by atoms with Gasteiger partial charge in [-0.1, -0.05) is 32.0 Å². The third-order valence-corrected chi connectivity index (χ3v) is 6.06. The molecule has 194 valence electrons. The van der Waals surface area contributed by atoms with Crippen LogP contribution >= 0.6 is 0 Å². The minimum atomic E-state index is -0.785. The van der Waals surface area contributed by atoms with Crippen molar-refractivity contribution in [2.75, 3.05) is 26.3 Å². The molecule has 0 bridgehead atoms. The zero-order chi connectivity index (χ0) is 25.7. The molecule has 1 aliphatic rings. The number of aryl methyl sites for hydroxylation is 1. The van der Waals surface area contributed by atoms with Gasteiger partial charge in [-0.05, 0) is 55.9 Å². The van der Waals surface area contributed by atoms with Crippen LogP contribution in [0.4, 0.5) is 8.78 Å². The quantitative estimate of drug-likeness (QED) is 0.337. The highest BCUT2D eigenvalue weighted by atomic mass is 19.1. The largest absolute Gasteiger partial charge is 0.435 e. The molecule has 0 unspecified atom stereocenters. The Morgan fingerprint density at radius 3 is 2.53 bits per heavy atom. The van der Waals surface area contributed by atoms with Crippen molar-refractivity contribution >= 4 is 0 Å². The summed E-state index contributed by atoms with van der Waals surface area (Å²) in [6.07, 6.45) is 1.71. The lowest BCUT2D eigenvalue weighted by Gasteiger charge is -2.25. The number of hydrogen-bond donors (Lipinski definition) is 1. The highest BCUT2D eigenvalue weighted by Gasteiger charge is 2.28. The molecule has 1 aliphatic carbocycles. The molecule has 0 amide bonds. The van der Waals surface area contributed by atoms with Crippen molar-refractivity contribution in [3.63, 3.8) is 0 Å². The maximum atomic E-state index is 14.5. The molecule has 1 atom stereocenters. The van der Waals surface area contributed by atoms with Gasteiger partial charge in [0.05, 0.1) is 29.7 Å². The fraction of sp³-hybridized carbons (Fsp3) is 0.464. The van der Waals surface area contributed by atoms with Crippen LogP contribution in [0, 0.1) is 30.4 Å². The maximum absolute atomic E-state index is 14.5. The summed E-state index contributed by atoms with van der Waals surface area (Å²) in [6, 6.07) is 12.7. The van der Waals surface area contributed by atoms with E-state index in [4.69, 9.17) is 14.6 Å². The number of rotatable bonds is 13. The molecule has 1 N–H and O–H groups in total. The summed E-state index contributed by atoms with van der Waals surface area (Å²) < 4.78 is 41.4. The Hall–Kier alpha value is -2.81. The SMILES string of the molecule is Cc1nn(-c2ccccc2)c(Oc2ccc(F)cc2F)c1CN(CC1CC1)C[C@H](O)COCC(C)C. The number of ether oxygens (including phenoxy) is 2. The number of halogens is 2. The Labute approximate surface area is 211 Å². The summed E-state index contributed by atoms with van der Waals surface area (Å²) in [5, 5.41) is 15.4. The van der Waals surface area contributed by atoms with Crippen molar-refractivity contribution in [1.82, 2.24) is 14.7 Å². The molecule has 2 aromatic carbocycles. The molecule has 0 saturated heterocycles. The van der Waals surface area contributed by atoms with Crippen LogP contribution in [0.1, 0.15) is 37.9 Å². The predicted octanol–water partition coefficient (Wildman–Crippen LogP) is 5.50. The Kier molecular flexibility index (Phi) is 8.72. The summed E-state index contributed by atoms with van der Waals surface area (Å²) in [5.41, 5.74) is 2.29. The average Bonchev–Trinajstić information content (AvgIpc) is 3.60. The number of benzene rings is 2. The number of aromatic nitrogens is 2. The van der Waals surface area contributed by atoms with Crippen LogP contribution in [-0.4, -0.2) is 52.2 Å². The second kappa shape index (κ2) is 12.0. The van der Waals surface area contributed by atoms with Crippen LogP contribution in [0.15, 0.2) is 48.5 Å². The Morgan fingerprint density at radius 1 is 1.11 bits per heavy atom. The minimum Gasteiger partial charge on any atom is -0.435 e. The third-order valence-electron chi connectivity index (χ3n) is 6.06. The van der Waals surface area contributed by atoms with Crippen LogP contribution in [0.25, 0.3) is 5.69 Å². The molecular formula is C28H35F2N3O3. The van der Waals surface area contributed by atoms with Gasteiger partial charge in [0.15, 0.2) is 11.6 Å². The molecule has 0 radical (unpaired) electrons. The molecule has 4 rings (SSSR count). The molecule has 1 fully saturated rings. The van der Waals surface area contributed by atoms with E-state index in [2.05, 4.69) is 18.7 Å². The standard InChI is InChI=1S/C28H35F2N3O3/c1-19(2)17-35-18-24(34)15-32(14-21-9-10-21)16-25-20(3)31-33(23-7-5-4-6-8-23)28(25)36-27-12-11-22(29)13-26(27)30/h4-8,11-13,19,21,24,34H,9-10,14-18H2,1-3H3/t24-/m0/s1. The van der Waals surface area contributed by atoms with Gasteiger partial charge >= 0.3 is 0 Å². The number of nitrogens with zero attached hydrogens (tertiary/aromatic N) is 3. The second-order valence-corrected chi connectivity index (χ2v) is 10.0. The normalized spacial score (nSPS) is 14.6. The second-order valence-electron chi connectivity index (χ2n) is 10.0. The zero-order valence-corrected chi connectivity index (χ0v) is 21.2. The number of aliphatic hydroxyl groups excluding tert-OH is 1. The fourth-order valence-electron chi connectivity index (χ4n) is 4.11. The molecule has 1 saturated carbocycles. The maximum Gasteiger partial charge on any atom is 0.227 e. The summed E-state index contributed by atoms with van der Waals surface area (Å²) >= 11 is 0. The van der Waals surface area contributed by atoms with Crippen molar-refractivity contribution in [2.45, 2.75) is 46.3 Å². The van der Waals surface area contributed by atoms with Crippen molar-refractivity contribution in [1.29, 1.82) is 0 Å². The van der Waals surface area contributed by atoms with Gasteiger partial charge in [-0.3, -0.25) is 4.90 Å². The van der Waals surface area contributed by atoms with Gasteiger partial charge in [-0.2, -0.15) is 5.10 Å². The smallest absolute Gasteiger partial charge is 0.227 e. The van der Waals surface area contributed by atoms with Gasteiger partial charge in [0.1, 0.15) is 5.82 Å². The first-order valence-corrected chi connectivity index (χ1v) is 12.5. The van der Waals surface area contributed by atoms with E-state index in [1.165, 1.54) is 25.0 Å². The molecule has 0 aliphatic heterocycles. The molecule has 8 heteroatoms. The van der Waals surface area contributed by atoms with Crippen molar-refractivity contribution in [2.24, 2.45) is 11.8 Å². The number of hydrogen-bond acceptors (Lipinski definition) is 5. The van der Waals surface area contributed by atoms with Gasteiger partial charge in [0.25, 0.3) is 0 Å². The minimum absolute atomic E-state index is 0.0782. The monoisotopic (exact) mass is 499 g/mol. The van der Waals surface area contributed by atoms with Gasteiger partial charge in [-0.15, -0.1) is 0 Å². The summed E-state index contributed by atoms with van der Waals surface area (Å²) in [6.45, 7) is 8.65. The van der Waals surface area contributed by atoms with Crippen molar-refractivity contribution in [3.8, 4) is 17.3 Å². The van der Waals surface area contributed by atoms with Gasteiger partial charge in [0.2, 0.25) is 5.88 Å². The topological polar surface area (TPSA) is 59.8 Å². The van der Waals surface area contributed by atoms with Crippen LogP contribution in [0.3, 0.4) is 0 Å². The van der Waals surface area contributed by atoms with Crippen LogP contribution < -0.4 is 4.74 Å². The Bertz CT molecular complexity index is 1130. The first-order valence-electron chi connectivity index (χ1n) is 12.5. The number of para-hydroxylation sites is 1. The Morgan fingerprint density at radius 2 is 1.86 bits per heavy atom. The third kappa shape index (κ3) is 7.12. The van der Waals surface area contributed by atoms with Crippen molar-refractivity contribution < 1.29 is 23.4 Å². The van der Waals surface area contributed by atoms with Crippen LogP contribution in [0.2, 0.25) is 0 Å². The van der Waals surface area contributed by atoms with E-state index in [0.29, 0.717) is 37.4 Å². The fourth-order valence-corrected chi connectivity index (χ4v) is 4.11. The molecule has 36 heavy (non-hydrogen) atoms. The lowest BCUT2D eigenvalue weighted by atomic mass is 10.2. The van der Waals surface area contributed by atoms with E-state index < -0.39 is 17.7 Å². The molecular weight excluding hydrogens is 464 g/mol. The molecule has 0 spiro atoms. The highest BCUT2D eigenvalue weighted by molar-refractivity contribution is 5.43. The summed E-state index contributed by atoms with van der Waals surface area (Å²) in [5.74, 6) is -0.166.